The fourth-order valence-corrected chi connectivity index (χ4v) is 4.47. The summed E-state index contributed by atoms with van der Waals surface area (Å²) in [5.74, 6) is -0.805. The molecule has 1 unspecified atom stereocenters. The van der Waals surface area contributed by atoms with Crippen LogP contribution in [-0.2, 0) is 20.8 Å². The van der Waals surface area contributed by atoms with E-state index < -0.39 is 5.92 Å². The van der Waals surface area contributed by atoms with Gasteiger partial charge in [0.2, 0.25) is 17.7 Å². The molecule has 3 amide bonds. The SMILES string of the molecule is CCc1ccc(NC(C)=O)cc1NC(=O)C1CC(=O)N(c2ccc(N3CCCC3)cc2)C1. The van der Waals surface area contributed by atoms with E-state index in [-0.39, 0.29) is 24.1 Å². The van der Waals surface area contributed by atoms with E-state index in [2.05, 4.69) is 27.7 Å². The topological polar surface area (TPSA) is 81.8 Å². The van der Waals surface area contributed by atoms with Gasteiger partial charge >= 0.3 is 0 Å². The first kappa shape index (κ1) is 21.9. The normalized spacial score (nSPS) is 18.2. The minimum Gasteiger partial charge on any atom is -0.372 e. The first-order chi connectivity index (χ1) is 15.4. The zero-order valence-electron chi connectivity index (χ0n) is 18.7. The van der Waals surface area contributed by atoms with Crippen LogP contribution < -0.4 is 20.4 Å². The Labute approximate surface area is 188 Å². The molecule has 168 valence electrons. The summed E-state index contributed by atoms with van der Waals surface area (Å²) in [6.07, 6.45) is 3.37. The van der Waals surface area contributed by atoms with Crippen molar-refractivity contribution in [2.45, 2.75) is 39.5 Å². The quantitative estimate of drug-likeness (QED) is 0.725. The Balaban J connectivity index is 1.43. The van der Waals surface area contributed by atoms with E-state index in [1.54, 1.807) is 11.0 Å². The first-order valence-electron chi connectivity index (χ1n) is 11.3. The van der Waals surface area contributed by atoms with Crippen LogP contribution in [0.4, 0.5) is 22.7 Å². The number of benzene rings is 2. The number of rotatable bonds is 6. The lowest BCUT2D eigenvalue weighted by Crippen LogP contribution is -2.28. The predicted molar refractivity (Wildman–Crippen MR) is 127 cm³/mol. The van der Waals surface area contributed by atoms with E-state index in [1.165, 1.54) is 25.5 Å². The highest BCUT2D eigenvalue weighted by Crippen LogP contribution is 2.30. The zero-order valence-corrected chi connectivity index (χ0v) is 18.7. The van der Waals surface area contributed by atoms with Crippen molar-refractivity contribution in [2.75, 3.05) is 40.1 Å². The molecule has 2 N–H and O–H groups in total. The second-order valence-corrected chi connectivity index (χ2v) is 8.51. The number of nitrogens with one attached hydrogen (secondary N) is 2. The summed E-state index contributed by atoms with van der Waals surface area (Å²) < 4.78 is 0. The van der Waals surface area contributed by atoms with Gasteiger partial charge in [0, 0.05) is 55.7 Å². The summed E-state index contributed by atoms with van der Waals surface area (Å²) in [6.45, 7) is 5.97. The van der Waals surface area contributed by atoms with Gasteiger partial charge < -0.3 is 20.4 Å². The van der Waals surface area contributed by atoms with Crippen molar-refractivity contribution in [1.82, 2.24) is 0 Å². The van der Waals surface area contributed by atoms with Gasteiger partial charge in [-0.05, 0) is 61.2 Å². The molecular formula is C25H30N4O3. The van der Waals surface area contributed by atoms with Crippen molar-refractivity contribution in [1.29, 1.82) is 0 Å². The number of carbonyl (C=O) groups excluding carboxylic acids is 3. The largest absolute Gasteiger partial charge is 0.372 e. The van der Waals surface area contributed by atoms with Crippen molar-refractivity contribution in [3.05, 3.63) is 48.0 Å². The molecule has 4 rings (SSSR count). The number of anilines is 4. The molecule has 32 heavy (non-hydrogen) atoms. The Kier molecular flexibility index (Phi) is 6.44. The van der Waals surface area contributed by atoms with Gasteiger partial charge in [-0.3, -0.25) is 14.4 Å². The summed E-state index contributed by atoms with van der Waals surface area (Å²) in [4.78, 5) is 41.1. The molecule has 2 saturated heterocycles. The summed E-state index contributed by atoms with van der Waals surface area (Å²) >= 11 is 0. The van der Waals surface area contributed by atoms with Gasteiger partial charge in [-0.2, -0.15) is 0 Å². The van der Waals surface area contributed by atoms with Crippen molar-refractivity contribution >= 4 is 40.5 Å². The molecule has 0 saturated carbocycles. The second kappa shape index (κ2) is 9.42. The molecule has 0 aromatic heterocycles. The lowest BCUT2D eigenvalue weighted by atomic mass is 10.1. The molecular weight excluding hydrogens is 404 g/mol. The highest BCUT2D eigenvalue weighted by molar-refractivity contribution is 6.04. The van der Waals surface area contributed by atoms with Gasteiger partial charge in [0.05, 0.1) is 5.92 Å². The molecule has 7 heteroatoms. The van der Waals surface area contributed by atoms with Crippen LogP contribution in [0.5, 0.6) is 0 Å². The van der Waals surface area contributed by atoms with E-state index >= 15 is 0 Å². The van der Waals surface area contributed by atoms with Crippen LogP contribution in [0.3, 0.4) is 0 Å². The van der Waals surface area contributed by atoms with Gasteiger partial charge in [0.1, 0.15) is 0 Å². The van der Waals surface area contributed by atoms with Crippen LogP contribution in [-0.4, -0.2) is 37.4 Å². The van der Waals surface area contributed by atoms with E-state index in [9.17, 15) is 14.4 Å². The molecule has 2 aliphatic rings. The predicted octanol–water partition coefficient (Wildman–Crippen LogP) is 3.80. The van der Waals surface area contributed by atoms with Crippen LogP contribution in [0.15, 0.2) is 42.5 Å². The highest BCUT2D eigenvalue weighted by Gasteiger charge is 2.35. The van der Waals surface area contributed by atoms with Crippen molar-refractivity contribution in [3.63, 3.8) is 0 Å². The molecule has 0 aliphatic carbocycles. The maximum absolute atomic E-state index is 13.0. The van der Waals surface area contributed by atoms with E-state index in [4.69, 9.17) is 0 Å². The van der Waals surface area contributed by atoms with Crippen molar-refractivity contribution in [3.8, 4) is 0 Å². The van der Waals surface area contributed by atoms with Crippen LogP contribution in [0.25, 0.3) is 0 Å². The maximum Gasteiger partial charge on any atom is 0.229 e. The zero-order chi connectivity index (χ0) is 22.7. The minimum absolute atomic E-state index is 0.0400. The fraction of sp³-hybridized carbons (Fsp3) is 0.400. The first-order valence-corrected chi connectivity index (χ1v) is 11.3. The molecule has 0 spiro atoms. The monoisotopic (exact) mass is 434 g/mol. The summed E-state index contributed by atoms with van der Waals surface area (Å²) in [5.41, 5.74) is 4.29. The molecule has 2 aliphatic heterocycles. The number of carbonyl (C=O) groups is 3. The van der Waals surface area contributed by atoms with E-state index in [0.29, 0.717) is 17.9 Å². The highest BCUT2D eigenvalue weighted by atomic mass is 16.2. The summed E-state index contributed by atoms with van der Waals surface area (Å²) in [7, 11) is 0. The molecule has 2 aromatic rings. The summed E-state index contributed by atoms with van der Waals surface area (Å²) in [6, 6.07) is 13.5. The van der Waals surface area contributed by atoms with Crippen LogP contribution in [0.2, 0.25) is 0 Å². The van der Waals surface area contributed by atoms with Crippen LogP contribution in [0, 0.1) is 5.92 Å². The smallest absolute Gasteiger partial charge is 0.229 e. The second-order valence-electron chi connectivity index (χ2n) is 8.51. The average molecular weight is 435 g/mol. The van der Waals surface area contributed by atoms with Gasteiger partial charge in [-0.15, -0.1) is 0 Å². The number of hydrogen-bond donors (Lipinski definition) is 2. The Bertz CT molecular complexity index is 1010. The van der Waals surface area contributed by atoms with Gasteiger partial charge in [0.25, 0.3) is 0 Å². The lowest BCUT2D eigenvalue weighted by molar-refractivity contribution is -0.122. The standard InChI is InChI=1S/C25H30N4O3/c1-3-18-6-7-20(26-17(2)30)15-23(18)27-25(32)19-14-24(31)29(16-19)22-10-8-21(9-11-22)28-12-4-5-13-28/h6-11,15,19H,3-5,12-14,16H2,1-2H3,(H,26,30)(H,27,32). The fourth-order valence-electron chi connectivity index (χ4n) is 4.47. The third-order valence-electron chi connectivity index (χ3n) is 6.20. The van der Waals surface area contributed by atoms with Crippen molar-refractivity contribution in [2.24, 2.45) is 5.92 Å². The number of amides is 3. The van der Waals surface area contributed by atoms with Crippen LogP contribution >= 0.6 is 0 Å². The average Bonchev–Trinajstić information content (AvgIpc) is 3.44. The third kappa shape index (κ3) is 4.77. The maximum atomic E-state index is 13.0. The lowest BCUT2D eigenvalue weighted by Gasteiger charge is -2.21. The number of hydrogen-bond acceptors (Lipinski definition) is 4. The molecule has 2 fully saturated rings. The van der Waals surface area contributed by atoms with E-state index in [0.717, 1.165) is 30.8 Å². The molecule has 2 aromatic carbocycles. The molecule has 2 heterocycles. The Morgan fingerprint density at radius 2 is 1.69 bits per heavy atom. The van der Waals surface area contributed by atoms with Crippen LogP contribution in [0.1, 0.15) is 38.7 Å². The molecule has 1 atom stereocenters. The molecule has 0 bridgehead atoms. The summed E-state index contributed by atoms with van der Waals surface area (Å²) in [5, 5.41) is 5.72. The number of nitrogens with zero attached hydrogens (tertiary/aromatic N) is 2. The number of aryl methyl sites for hydroxylation is 1. The van der Waals surface area contributed by atoms with Gasteiger partial charge in [0.15, 0.2) is 0 Å². The van der Waals surface area contributed by atoms with Gasteiger partial charge in [-0.25, -0.2) is 0 Å². The Morgan fingerprint density at radius 1 is 1.00 bits per heavy atom. The Hall–Kier alpha value is -3.35. The minimum atomic E-state index is -0.421. The third-order valence-corrected chi connectivity index (χ3v) is 6.20. The van der Waals surface area contributed by atoms with Crippen molar-refractivity contribution < 1.29 is 14.4 Å². The molecule has 7 nitrogen and oxygen atoms in total. The van der Waals surface area contributed by atoms with E-state index in [1.807, 2.05) is 31.2 Å². The molecule has 0 radical (unpaired) electrons. The Morgan fingerprint density at radius 3 is 2.34 bits per heavy atom. The van der Waals surface area contributed by atoms with Gasteiger partial charge in [-0.1, -0.05) is 13.0 Å².